The number of aryl methyl sites for hydroxylation is 1. The van der Waals surface area contributed by atoms with Gasteiger partial charge in [0.1, 0.15) is 5.75 Å². The molecule has 25 heavy (non-hydrogen) atoms. The second kappa shape index (κ2) is 7.55. The number of rotatable bonds is 3. The van der Waals surface area contributed by atoms with Crippen LogP contribution in [-0.4, -0.2) is 25.6 Å². The quantitative estimate of drug-likeness (QED) is 0.864. The summed E-state index contributed by atoms with van der Waals surface area (Å²) in [6.07, 6.45) is 6.48. The maximum Gasteiger partial charge on any atom is 0.228 e. The van der Waals surface area contributed by atoms with Gasteiger partial charge >= 0.3 is 0 Å². The van der Waals surface area contributed by atoms with E-state index in [0.717, 1.165) is 43.7 Å². The van der Waals surface area contributed by atoms with Gasteiger partial charge in [-0.2, -0.15) is 0 Å². The lowest BCUT2D eigenvalue weighted by atomic mass is 9.67. The van der Waals surface area contributed by atoms with Crippen LogP contribution >= 0.6 is 12.4 Å². The zero-order valence-electron chi connectivity index (χ0n) is 15.0. The zero-order chi connectivity index (χ0) is 16.6. The van der Waals surface area contributed by atoms with Gasteiger partial charge in [-0.25, -0.2) is 0 Å². The summed E-state index contributed by atoms with van der Waals surface area (Å²) in [5, 5.41) is 6.87. The summed E-state index contributed by atoms with van der Waals surface area (Å²) in [4.78, 5) is 13.2. The predicted molar refractivity (Wildman–Crippen MR) is 101 cm³/mol. The molecule has 0 spiro atoms. The van der Waals surface area contributed by atoms with Crippen LogP contribution in [0.25, 0.3) is 0 Å². The van der Waals surface area contributed by atoms with Crippen molar-refractivity contribution in [3.63, 3.8) is 0 Å². The highest BCUT2D eigenvalue weighted by molar-refractivity contribution is 5.85. The lowest BCUT2D eigenvalue weighted by Gasteiger charge is -2.39. The average Bonchev–Trinajstić information content (AvgIpc) is 3.07. The lowest BCUT2D eigenvalue weighted by Crippen LogP contribution is -2.49. The number of hydrogen-bond donors (Lipinski definition) is 2. The van der Waals surface area contributed by atoms with Gasteiger partial charge in [-0.15, -0.1) is 12.4 Å². The van der Waals surface area contributed by atoms with Crippen LogP contribution in [0.2, 0.25) is 0 Å². The van der Waals surface area contributed by atoms with E-state index in [9.17, 15) is 4.79 Å². The molecule has 4 nitrogen and oxygen atoms in total. The Hall–Kier alpha value is -1.26. The van der Waals surface area contributed by atoms with Crippen LogP contribution in [0.15, 0.2) is 18.2 Å². The van der Waals surface area contributed by atoms with E-state index in [2.05, 4.69) is 35.8 Å². The molecule has 1 unspecified atom stereocenters. The molecular weight excluding hydrogens is 336 g/mol. The van der Waals surface area contributed by atoms with Gasteiger partial charge in [-0.3, -0.25) is 4.79 Å². The fourth-order valence-electron chi connectivity index (χ4n) is 4.91. The number of para-hydroxylation sites is 1. The standard InChI is InChI=1S/C20H28N2O2.ClH/c1-2-14-6-5-8-16-17(9-11-24-18(14)16)22-19(23)20-10-4-3-7-15(20)12-21-13-20;/h5-6,8,15,17,21H,2-4,7,9-13H2,1H3,(H,22,23);1H/t15-,17?,20+;/m0./s1. The van der Waals surface area contributed by atoms with E-state index >= 15 is 0 Å². The van der Waals surface area contributed by atoms with Gasteiger partial charge in [-0.1, -0.05) is 38.0 Å². The molecule has 2 aliphatic heterocycles. The van der Waals surface area contributed by atoms with Crippen LogP contribution in [-0.2, 0) is 11.2 Å². The topological polar surface area (TPSA) is 50.4 Å². The summed E-state index contributed by atoms with van der Waals surface area (Å²) in [5.41, 5.74) is 2.21. The number of halogens is 1. The van der Waals surface area contributed by atoms with Gasteiger partial charge in [0.05, 0.1) is 18.1 Å². The second-order valence-electron chi connectivity index (χ2n) is 7.58. The number of carbonyl (C=O) groups excluding carboxylic acids is 1. The Labute approximate surface area is 156 Å². The fraction of sp³-hybridized carbons (Fsp3) is 0.650. The lowest BCUT2D eigenvalue weighted by molar-refractivity contribution is -0.135. The molecule has 1 aliphatic carbocycles. The van der Waals surface area contributed by atoms with Crippen LogP contribution in [0.3, 0.4) is 0 Å². The number of fused-ring (bicyclic) bond motifs is 2. The molecule has 2 heterocycles. The smallest absolute Gasteiger partial charge is 0.228 e. The Morgan fingerprint density at radius 1 is 1.36 bits per heavy atom. The number of amides is 1. The van der Waals surface area contributed by atoms with E-state index < -0.39 is 0 Å². The molecular formula is C20H29ClN2O2. The number of nitrogens with one attached hydrogen (secondary N) is 2. The first-order chi connectivity index (χ1) is 11.7. The molecule has 2 fully saturated rings. The van der Waals surface area contributed by atoms with E-state index in [1.165, 1.54) is 24.8 Å². The number of hydrogen-bond acceptors (Lipinski definition) is 3. The van der Waals surface area contributed by atoms with Crippen molar-refractivity contribution in [3.8, 4) is 5.75 Å². The van der Waals surface area contributed by atoms with Gasteiger partial charge < -0.3 is 15.4 Å². The monoisotopic (exact) mass is 364 g/mol. The highest BCUT2D eigenvalue weighted by Crippen LogP contribution is 2.45. The van der Waals surface area contributed by atoms with Crippen LogP contribution in [0.1, 0.15) is 56.2 Å². The summed E-state index contributed by atoms with van der Waals surface area (Å²) in [7, 11) is 0. The predicted octanol–water partition coefficient (Wildman–Crippen LogP) is 3.39. The van der Waals surface area contributed by atoms with Gasteiger partial charge in [0.15, 0.2) is 0 Å². The number of benzene rings is 1. The van der Waals surface area contributed by atoms with Gasteiger partial charge in [0.25, 0.3) is 0 Å². The third-order valence-electron chi connectivity index (χ3n) is 6.33. The molecule has 138 valence electrons. The molecule has 1 saturated carbocycles. The molecule has 3 aliphatic rings. The van der Waals surface area contributed by atoms with E-state index in [0.29, 0.717) is 12.5 Å². The Morgan fingerprint density at radius 2 is 2.24 bits per heavy atom. The van der Waals surface area contributed by atoms with Crippen molar-refractivity contribution in [2.45, 2.75) is 51.5 Å². The summed E-state index contributed by atoms with van der Waals surface area (Å²) in [5.74, 6) is 1.77. The second-order valence-corrected chi connectivity index (χ2v) is 7.58. The fourth-order valence-corrected chi connectivity index (χ4v) is 4.91. The number of ether oxygens (including phenoxy) is 1. The van der Waals surface area contributed by atoms with Crippen LogP contribution < -0.4 is 15.4 Å². The van der Waals surface area contributed by atoms with Crippen molar-refractivity contribution in [2.24, 2.45) is 11.3 Å². The Balaban J connectivity index is 0.00000182. The molecule has 1 aromatic carbocycles. The summed E-state index contributed by atoms with van der Waals surface area (Å²) in [6.45, 7) is 4.67. The molecule has 1 amide bonds. The maximum absolute atomic E-state index is 13.2. The summed E-state index contributed by atoms with van der Waals surface area (Å²) < 4.78 is 5.92. The van der Waals surface area contributed by atoms with E-state index in [1.807, 2.05) is 0 Å². The van der Waals surface area contributed by atoms with Crippen LogP contribution in [0.5, 0.6) is 5.75 Å². The minimum absolute atomic E-state index is 0. The Kier molecular flexibility index (Phi) is 5.59. The maximum atomic E-state index is 13.2. The third kappa shape index (κ3) is 3.15. The van der Waals surface area contributed by atoms with E-state index in [1.54, 1.807) is 0 Å². The Morgan fingerprint density at radius 3 is 3.08 bits per heavy atom. The first kappa shape index (κ1) is 18.5. The van der Waals surface area contributed by atoms with Crippen molar-refractivity contribution in [3.05, 3.63) is 29.3 Å². The minimum Gasteiger partial charge on any atom is -0.493 e. The third-order valence-corrected chi connectivity index (χ3v) is 6.33. The first-order valence-electron chi connectivity index (χ1n) is 9.51. The molecule has 2 N–H and O–H groups in total. The van der Waals surface area contributed by atoms with Crippen LogP contribution in [0, 0.1) is 11.3 Å². The highest BCUT2D eigenvalue weighted by Gasteiger charge is 2.50. The molecule has 1 saturated heterocycles. The van der Waals surface area contributed by atoms with Gasteiger partial charge in [0.2, 0.25) is 5.91 Å². The normalized spacial score (nSPS) is 30.4. The van der Waals surface area contributed by atoms with Crippen molar-refractivity contribution < 1.29 is 9.53 Å². The summed E-state index contributed by atoms with van der Waals surface area (Å²) in [6, 6.07) is 6.41. The van der Waals surface area contributed by atoms with Crippen molar-refractivity contribution in [1.29, 1.82) is 0 Å². The zero-order valence-corrected chi connectivity index (χ0v) is 15.8. The minimum atomic E-state index is -0.181. The van der Waals surface area contributed by atoms with Gasteiger partial charge in [0, 0.05) is 18.5 Å². The SMILES string of the molecule is CCc1cccc2c1OCCC2NC(=O)[C@@]12CCCC[C@H]1CNC2.Cl. The first-order valence-corrected chi connectivity index (χ1v) is 9.51. The Bertz CT molecular complexity index is 636. The van der Waals surface area contributed by atoms with E-state index in [4.69, 9.17) is 4.74 Å². The summed E-state index contributed by atoms with van der Waals surface area (Å²) >= 11 is 0. The molecule has 1 aromatic rings. The van der Waals surface area contributed by atoms with Crippen molar-refractivity contribution in [2.75, 3.05) is 19.7 Å². The number of carbonyl (C=O) groups is 1. The molecule has 0 aromatic heterocycles. The highest BCUT2D eigenvalue weighted by atomic mass is 35.5. The molecule has 5 heteroatoms. The van der Waals surface area contributed by atoms with E-state index in [-0.39, 0.29) is 29.8 Å². The molecule has 0 radical (unpaired) electrons. The molecule has 0 bridgehead atoms. The van der Waals surface area contributed by atoms with Crippen molar-refractivity contribution >= 4 is 18.3 Å². The average molecular weight is 365 g/mol. The van der Waals surface area contributed by atoms with Crippen molar-refractivity contribution in [1.82, 2.24) is 10.6 Å². The van der Waals surface area contributed by atoms with Crippen LogP contribution in [0.4, 0.5) is 0 Å². The molecule has 3 atom stereocenters. The van der Waals surface area contributed by atoms with Gasteiger partial charge in [-0.05, 0) is 37.3 Å². The molecule has 4 rings (SSSR count). The largest absolute Gasteiger partial charge is 0.493 e.